The van der Waals surface area contributed by atoms with Crippen molar-refractivity contribution in [2.45, 2.75) is 6.92 Å². The van der Waals surface area contributed by atoms with Crippen molar-refractivity contribution in [1.29, 1.82) is 0 Å². The van der Waals surface area contributed by atoms with Crippen LogP contribution in [0.15, 0.2) is 54.6 Å². The van der Waals surface area contributed by atoms with Crippen molar-refractivity contribution in [3.8, 4) is 0 Å². The summed E-state index contributed by atoms with van der Waals surface area (Å²) in [6.07, 6.45) is 3.04. The molecule has 2 N–H and O–H groups in total. The molecule has 2 rings (SSSR count). The molecule has 0 fully saturated rings. The summed E-state index contributed by atoms with van der Waals surface area (Å²) in [5.74, 6) is -0.390. The molecule has 0 radical (unpaired) electrons. The van der Waals surface area contributed by atoms with Crippen LogP contribution in [0.2, 0.25) is 0 Å². The van der Waals surface area contributed by atoms with Crippen molar-refractivity contribution < 1.29 is 9.72 Å². The lowest BCUT2D eigenvalue weighted by Crippen LogP contribution is -2.32. The summed E-state index contributed by atoms with van der Waals surface area (Å²) in [7, 11) is 0. The number of hydrogen-bond acceptors (Lipinski definition) is 4. The van der Waals surface area contributed by atoms with E-state index in [2.05, 4.69) is 10.6 Å². The Hall–Kier alpha value is -3.06. The Labute approximate surface area is 144 Å². The quantitative estimate of drug-likeness (QED) is 0.385. The fourth-order valence-electron chi connectivity index (χ4n) is 1.86. The first-order chi connectivity index (χ1) is 11.4. The molecule has 0 bridgehead atoms. The van der Waals surface area contributed by atoms with E-state index in [-0.39, 0.29) is 10.8 Å². The Morgan fingerprint density at radius 3 is 2.58 bits per heavy atom. The highest BCUT2D eigenvalue weighted by Gasteiger charge is 2.07. The third-order valence-corrected chi connectivity index (χ3v) is 3.26. The number of nitro benzene ring substituents is 1. The zero-order valence-corrected chi connectivity index (χ0v) is 13.7. The Bertz CT molecular complexity index is 801. The Kier molecular flexibility index (Phi) is 5.75. The summed E-state index contributed by atoms with van der Waals surface area (Å²) < 4.78 is 0. The van der Waals surface area contributed by atoms with Crippen LogP contribution in [-0.2, 0) is 4.79 Å². The topological polar surface area (TPSA) is 84.3 Å². The van der Waals surface area contributed by atoms with Gasteiger partial charge in [-0.25, -0.2) is 0 Å². The highest BCUT2D eigenvalue weighted by molar-refractivity contribution is 7.80. The molecule has 122 valence electrons. The number of rotatable bonds is 4. The minimum absolute atomic E-state index is 0.0617. The summed E-state index contributed by atoms with van der Waals surface area (Å²) in [5.41, 5.74) is 2.40. The van der Waals surface area contributed by atoms with Crippen molar-refractivity contribution in [1.82, 2.24) is 5.32 Å². The number of thiocarbonyl (C=S) groups is 1. The highest BCUT2D eigenvalue weighted by Crippen LogP contribution is 2.16. The molecule has 0 aliphatic heterocycles. The fraction of sp³-hybridized carbons (Fsp3) is 0.0588. The number of carbonyl (C=O) groups is 1. The fourth-order valence-corrected chi connectivity index (χ4v) is 2.08. The molecule has 2 aromatic carbocycles. The Morgan fingerprint density at radius 2 is 1.92 bits per heavy atom. The van der Waals surface area contributed by atoms with Crippen LogP contribution < -0.4 is 10.6 Å². The molecule has 0 spiro atoms. The maximum absolute atomic E-state index is 11.8. The molecular formula is C17H15N3O3S. The molecule has 0 aliphatic carbocycles. The Morgan fingerprint density at radius 1 is 1.21 bits per heavy atom. The molecular weight excluding hydrogens is 326 g/mol. The number of aryl methyl sites for hydroxylation is 1. The van der Waals surface area contributed by atoms with E-state index in [0.29, 0.717) is 5.69 Å². The van der Waals surface area contributed by atoms with Gasteiger partial charge in [-0.3, -0.25) is 20.2 Å². The van der Waals surface area contributed by atoms with Gasteiger partial charge >= 0.3 is 0 Å². The average molecular weight is 341 g/mol. The Balaban J connectivity index is 1.92. The predicted octanol–water partition coefficient (Wildman–Crippen LogP) is 3.43. The van der Waals surface area contributed by atoms with Crippen LogP contribution in [0.5, 0.6) is 0 Å². The minimum atomic E-state index is -0.503. The summed E-state index contributed by atoms with van der Waals surface area (Å²) in [6, 6.07) is 13.6. The summed E-state index contributed by atoms with van der Waals surface area (Å²) in [4.78, 5) is 22.0. The first-order valence-electron chi connectivity index (χ1n) is 7.05. The van der Waals surface area contributed by atoms with Crippen LogP contribution >= 0.6 is 12.2 Å². The lowest BCUT2D eigenvalue weighted by Gasteiger charge is -2.07. The minimum Gasteiger partial charge on any atom is -0.332 e. The average Bonchev–Trinajstić information content (AvgIpc) is 2.54. The monoisotopic (exact) mass is 341 g/mol. The summed E-state index contributed by atoms with van der Waals surface area (Å²) >= 11 is 5.02. The molecule has 0 saturated heterocycles. The largest absolute Gasteiger partial charge is 0.332 e. The molecule has 6 nitrogen and oxygen atoms in total. The lowest BCUT2D eigenvalue weighted by atomic mass is 10.1. The second kappa shape index (κ2) is 7.98. The number of hydrogen-bond donors (Lipinski definition) is 2. The van der Waals surface area contributed by atoms with Gasteiger partial charge in [0.2, 0.25) is 5.91 Å². The molecule has 7 heteroatoms. The van der Waals surface area contributed by atoms with Crippen LogP contribution in [0, 0.1) is 17.0 Å². The van der Waals surface area contributed by atoms with Gasteiger partial charge in [-0.1, -0.05) is 35.9 Å². The third kappa shape index (κ3) is 5.29. The number of nitrogens with one attached hydrogen (secondary N) is 2. The lowest BCUT2D eigenvalue weighted by molar-refractivity contribution is -0.384. The van der Waals surface area contributed by atoms with E-state index >= 15 is 0 Å². The first kappa shape index (κ1) is 17.3. The number of nitro groups is 1. The highest BCUT2D eigenvalue weighted by atomic mass is 32.1. The molecule has 0 aromatic heterocycles. The summed E-state index contributed by atoms with van der Waals surface area (Å²) in [6.45, 7) is 1.98. The van der Waals surface area contributed by atoms with Gasteiger partial charge < -0.3 is 5.32 Å². The molecule has 0 aliphatic rings. The second-order valence-corrected chi connectivity index (χ2v) is 5.40. The van der Waals surface area contributed by atoms with Crippen LogP contribution in [0.4, 0.5) is 11.4 Å². The first-order valence-corrected chi connectivity index (χ1v) is 7.46. The van der Waals surface area contributed by atoms with Crippen molar-refractivity contribution in [2.24, 2.45) is 0 Å². The van der Waals surface area contributed by atoms with Crippen molar-refractivity contribution in [3.63, 3.8) is 0 Å². The van der Waals surface area contributed by atoms with E-state index < -0.39 is 10.8 Å². The molecule has 2 aromatic rings. The van der Waals surface area contributed by atoms with Gasteiger partial charge in [-0.15, -0.1) is 0 Å². The maximum Gasteiger partial charge on any atom is 0.271 e. The van der Waals surface area contributed by atoms with Crippen LogP contribution in [0.25, 0.3) is 6.08 Å². The van der Waals surface area contributed by atoms with Crippen LogP contribution in [0.1, 0.15) is 11.1 Å². The van der Waals surface area contributed by atoms with Gasteiger partial charge in [-0.05, 0) is 36.8 Å². The summed E-state index contributed by atoms with van der Waals surface area (Å²) in [5, 5.41) is 16.0. The van der Waals surface area contributed by atoms with Gasteiger partial charge in [0, 0.05) is 23.9 Å². The van der Waals surface area contributed by atoms with Gasteiger partial charge in [0.25, 0.3) is 5.69 Å². The second-order valence-electron chi connectivity index (χ2n) is 4.99. The number of nitrogens with zero attached hydrogens (tertiary/aromatic N) is 1. The van der Waals surface area contributed by atoms with Crippen molar-refractivity contribution >= 4 is 40.7 Å². The van der Waals surface area contributed by atoms with Crippen molar-refractivity contribution in [2.75, 3.05) is 5.32 Å². The van der Waals surface area contributed by atoms with Gasteiger partial charge in [0.15, 0.2) is 5.11 Å². The molecule has 1 amide bonds. The number of anilines is 1. The SMILES string of the molecule is Cc1ccc(C=CC(=O)NC(=S)Nc2cccc([N+](=O)[O-])c2)cc1. The van der Waals surface area contributed by atoms with E-state index in [1.165, 1.54) is 24.3 Å². The number of carbonyl (C=O) groups excluding carboxylic acids is 1. The molecule has 0 heterocycles. The van der Waals surface area contributed by atoms with E-state index in [1.807, 2.05) is 31.2 Å². The number of non-ortho nitro benzene ring substituents is 1. The normalized spacial score (nSPS) is 10.4. The molecule has 0 unspecified atom stereocenters. The number of benzene rings is 2. The third-order valence-electron chi connectivity index (χ3n) is 3.06. The van der Waals surface area contributed by atoms with Gasteiger partial charge in [-0.2, -0.15) is 0 Å². The van der Waals surface area contributed by atoms with Crippen LogP contribution in [-0.4, -0.2) is 15.9 Å². The zero-order chi connectivity index (χ0) is 17.5. The van der Waals surface area contributed by atoms with Crippen LogP contribution in [0.3, 0.4) is 0 Å². The van der Waals surface area contributed by atoms with E-state index in [9.17, 15) is 14.9 Å². The standard InChI is InChI=1S/C17H15N3O3S/c1-12-5-7-13(8-6-12)9-10-16(21)19-17(24)18-14-3-2-4-15(11-14)20(22)23/h2-11H,1H3,(H2,18,19,21,24). The van der Waals surface area contributed by atoms with E-state index in [1.54, 1.807) is 12.1 Å². The van der Waals surface area contributed by atoms with Gasteiger partial charge in [0.05, 0.1) is 4.92 Å². The molecule has 0 saturated carbocycles. The molecule has 24 heavy (non-hydrogen) atoms. The number of amides is 1. The van der Waals surface area contributed by atoms with Crippen molar-refractivity contribution in [3.05, 3.63) is 75.8 Å². The molecule has 0 atom stereocenters. The van der Waals surface area contributed by atoms with E-state index in [0.717, 1.165) is 11.1 Å². The maximum atomic E-state index is 11.8. The van der Waals surface area contributed by atoms with E-state index in [4.69, 9.17) is 12.2 Å². The predicted molar refractivity (Wildman–Crippen MR) is 97.7 cm³/mol. The van der Waals surface area contributed by atoms with Gasteiger partial charge in [0.1, 0.15) is 0 Å². The zero-order valence-electron chi connectivity index (χ0n) is 12.9. The smallest absolute Gasteiger partial charge is 0.271 e.